The van der Waals surface area contributed by atoms with Gasteiger partial charge < -0.3 is 9.32 Å². The third-order valence-electron chi connectivity index (χ3n) is 9.16. The van der Waals surface area contributed by atoms with Crippen molar-refractivity contribution < 1.29 is 18.4 Å². The Balaban J connectivity index is 1.20. The number of para-hydroxylation sites is 1. The van der Waals surface area contributed by atoms with Gasteiger partial charge in [-0.25, -0.2) is 4.39 Å². The van der Waals surface area contributed by atoms with Crippen LogP contribution < -0.4 is 15.2 Å². The Morgan fingerprint density at radius 2 is 1.64 bits per heavy atom. The summed E-state index contributed by atoms with van der Waals surface area (Å²) in [6, 6.07) is 31.7. The Morgan fingerprint density at radius 3 is 2.50 bits per heavy atom. The highest BCUT2D eigenvalue weighted by molar-refractivity contribution is 8.00. The first kappa shape index (κ1) is 30.7. The van der Waals surface area contributed by atoms with Crippen LogP contribution >= 0.6 is 34.7 Å². The molecule has 9 rings (SSSR count). The SMILES string of the molecule is O=C1c2oc3ccc(Cl)cc3c(=O)c2C2(C(=O)N(Cc3ccc(F)cc3)c3ccccc32)N1c1nnc(SCc2cccc3ccccc23)s1. The second-order valence-corrected chi connectivity index (χ2v) is 14.6. The van der Waals surface area contributed by atoms with E-state index < -0.39 is 28.6 Å². The second-order valence-electron chi connectivity index (χ2n) is 11.9. The van der Waals surface area contributed by atoms with Crippen molar-refractivity contribution in [2.24, 2.45) is 0 Å². The number of aromatic nitrogens is 2. The quantitative estimate of drug-likeness (QED) is 0.126. The molecule has 1 atom stereocenters. The monoisotopic (exact) mass is 716 g/mol. The van der Waals surface area contributed by atoms with Gasteiger partial charge in [0.1, 0.15) is 11.4 Å². The lowest BCUT2D eigenvalue weighted by Gasteiger charge is -2.32. The van der Waals surface area contributed by atoms with E-state index in [-0.39, 0.29) is 34.0 Å². The lowest BCUT2D eigenvalue weighted by atomic mass is 9.84. The maximum atomic E-state index is 15.1. The van der Waals surface area contributed by atoms with Gasteiger partial charge in [0.2, 0.25) is 10.9 Å². The van der Waals surface area contributed by atoms with E-state index in [2.05, 4.69) is 34.5 Å². The Bertz CT molecular complexity index is 2600. The molecule has 0 saturated heterocycles. The molecule has 0 fully saturated rings. The van der Waals surface area contributed by atoms with E-state index >= 15 is 4.79 Å². The predicted molar refractivity (Wildman–Crippen MR) is 193 cm³/mol. The van der Waals surface area contributed by atoms with E-state index in [1.54, 1.807) is 42.5 Å². The zero-order valence-electron chi connectivity index (χ0n) is 25.8. The topological polar surface area (TPSA) is 96.6 Å². The number of benzene rings is 5. The van der Waals surface area contributed by atoms with Crippen molar-refractivity contribution in [3.63, 3.8) is 0 Å². The van der Waals surface area contributed by atoms with E-state index in [9.17, 15) is 14.0 Å². The molecule has 2 aromatic heterocycles. The molecular weight excluding hydrogens is 695 g/mol. The second kappa shape index (κ2) is 11.6. The molecule has 2 aliphatic heterocycles. The summed E-state index contributed by atoms with van der Waals surface area (Å²) in [4.78, 5) is 47.1. The van der Waals surface area contributed by atoms with Gasteiger partial charge in [0.15, 0.2) is 15.3 Å². The largest absolute Gasteiger partial charge is 0.450 e. The number of thioether (sulfide) groups is 1. The van der Waals surface area contributed by atoms with Crippen molar-refractivity contribution in [2.45, 2.75) is 22.2 Å². The fraction of sp³-hybridized carbons (Fsp3) is 0.0789. The Labute approximate surface area is 296 Å². The number of hydrogen-bond donors (Lipinski definition) is 0. The van der Waals surface area contributed by atoms with Crippen molar-refractivity contribution in [1.29, 1.82) is 0 Å². The Kier molecular flexibility index (Phi) is 7.13. The summed E-state index contributed by atoms with van der Waals surface area (Å²) in [5.41, 5.74) is 0.204. The average Bonchev–Trinajstić information content (AvgIpc) is 3.77. The molecule has 0 saturated carbocycles. The molecule has 7 aromatic rings. The highest BCUT2D eigenvalue weighted by Crippen LogP contribution is 2.55. The maximum absolute atomic E-state index is 15.1. The standard InChI is InChI=1S/C38H22ClFN4O4S2/c39-24-14-17-30-27(18-24)32(45)31-33(48-30)34(46)44(36-41-42-37(50-36)49-20-23-8-5-7-22-6-1-2-9-26(22)23)38(31)28-10-3-4-11-29(28)43(35(38)47)19-21-12-15-25(40)16-13-21/h1-18H,19-20H2. The number of carbonyl (C=O) groups is 2. The molecule has 4 heterocycles. The number of nitrogens with zero attached hydrogens (tertiary/aromatic N) is 4. The molecule has 5 aromatic carbocycles. The summed E-state index contributed by atoms with van der Waals surface area (Å²) in [6.07, 6.45) is 0. The molecule has 2 aliphatic rings. The van der Waals surface area contributed by atoms with Crippen molar-refractivity contribution >= 4 is 79.1 Å². The average molecular weight is 717 g/mol. The fourth-order valence-corrected chi connectivity index (χ4v) is 9.04. The normalized spacial score (nSPS) is 16.6. The summed E-state index contributed by atoms with van der Waals surface area (Å²) in [7, 11) is 0. The first-order chi connectivity index (χ1) is 24.3. The molecule has 0 aliphatic carbocycles. The number of rotatable bonds is 6. The molecule has 1 unspecified atom stereocenters. The van der Waals surface area contributed by atoms with Gasteiger partial charge in [-0.1, -0.05) is 107 Å². The van der Waals surface area contributed by atoms with Gasteiger partial charge in [0.05, 0.1) is 23.2 Å². The molecule has 12 heteroatoms. The molecule has 0 N–H and O–H groups in total. The van der Waals surface area contributed by atoms with Crippen molar-refractivity contribution in [2.75, 3.05) is 9.80 Å². The van der Waals surface area contributed by atoms with Crippen LogP contribution in [0, 0.1) is 5.82 Å². The lowest BCUT2D eigenvalue weighted by Crippen LogP contribution is -2.53. The molecular formula is C38H22ClFN4O4S2. The molecule has 2 amide bonds. The summed E-state index contributed by atoms with van der Waals surface area (Å²) in [5, 5.41) is 11.7. The third kappa shape index (κ3) is 4.54. The number of fused-ring (bicyclic) bond motifs is 6. The molecule has 50 heavy (non-hydrogen) atoms. The van der Waals surface area contributed by atoms with Gasteiger partial charge in [0, 0.05) is 16.3 Å². The number of halogens is 2. The maximum Gasteiger partial charge on any atom is 0.297 e. The molecule has 244 valence electrons. The Morgan fingerprint density at radius 1 is 0.860 bits per heavy atom. The Hall–Kier alpha value is -5.36. The minimum Gasteiger partial charge on any atom is -0.450 e. The summed E-state index contributed by atoms with van der Waals surface area (Å²) in [6.45, 7) is 0.0578. The molecule has 8 nitrogen and oxygen atoms in total. The van der Waals surface area contributed by atoms with E-state index in [0.29, 0.717) is 31.9 Å². The summed E-state index contributed by atoms with van der Waals surface area (Å²) < 4.78 is 20.6. The zero-order valence-corrected chi connectivity index (χ0v) is 28.2. The first-order valence-corrected chi connectivity index (χ1v) is 17.7. The number of carbonyl (C=O) groups excluding carboxylic acids is 2. The van der Waals surface area contributed by atoms with Crippen LogP contribution in [0.2, 0.25) is 5.02 Å². The summed E-state index contributed by atoms with van der Waals surface area (Å²) >= 11 is 8.93. The smallest absolute Gasteiger partial charge is 0.297 e. The van der Waals surface area contributed by atoms with Crippen LogP contribution in [0.15, 0.2) is 123 Å². The van der Waals surface area contributed by atoms with Gasteiger partial charge in [-0.05, 0) is 58.3 Å². The van der Waals surface area contributed by atoms with Crippen LogP contribution in [0.3, 0.4) is 0 Å². The third-order valence-corrected chi connectivity index (χ3v) is 11.5. The van der Waals surface area contributed by atoms with Crippen LogP contribution in [0.5, 0.6) is 0 Å². The van der Waals surface area contributed by atoms with Gasteiger partial charge in [-0.2, -0.15) is 0 Å². The number of anilines is 2. The predicted octanol–water partition coefficient (Wildman–Crippen LogP) is 8.33. The van der Waals surface area contributed by atoms with Gasteiger partial charge in [-0.3, -0.25) is 19.3 Å². The minimum absolute atomic E-state index is 0.0578. The first-order valence-electron chi connectivity index (χ1n) is 15.5. The molecule has 1 spiro atoms. The number of hydrogen-bond acceptors (Lipinski definition) is 8. The van der Waals surface area contributed by atoms with Crippen molar-refractivity contribution in [3.8, 4) is 0 Å². The van der Waals surface area contributed by atoms with Crippen LogP contribution in [0.1, 0.15) is 32.8 Å². The minimum atomic E-state index is -1.96. The number of amides is 2. The highest BCUT2D eigenvalue weighted by Gasteiger charge is 2.66. The van der Waals surface area contributed by atoms with Crippen LogP contribution in [0.4, 0.5) is 15.2 Å². The van der Waals surface area contributed by atoms with E-state index in [1.807, 2.05) is 18.2 Å². The van der Waals surface area contributed by atoms with Gasteiger partial charge >= 0.3 is 0 Å². The zero-order chi connectivity index (χ0) is 34.1. The highest BCUT2D eigenvalue weighted by atomic mass is 35.5. The van der Waals surface area contributed by atoms with Crippen LogP contribution in [0.25, 0.3) is 21.7 Å². The van der Waals surface area contributed by atoms with E-state index in [4.69, 9.17) is 16.0 Å². The van der Waals surface area contributed by atoms with Crippen LogP contribution in [-0.2, 0) is 22.6 Å². The van der Waals surface area contributed by atoms with Crippen molar-refractivity contribution in [3.05, 3.63) is 158 Å². The summed E-state index contributed by atoms with van der Waals surface area (Å²) in [5.74, 6) is -1.31. The van der Waals surface area contributed by atoms with Crippen molar-refractivity contribution in [1.82, 2.24) is 10.2 Å². The lowest BCUT2D eigenvalue weighted by molar-refractivity contribution is -0.121. The van der Waals surface area contributed by atoms with Crippen LogP contribution in [-0.4, -0.2) is 22.0 Å². The van der Waals surface area contributed by atoms with Gasteiger partial charge in [-0.15, -0.1) is 10.2 Å². The molecule has 0 radical (unpaired) electrons. The van der Waals surface area contributed by atoms with E-state index in [0.717, 1.165) is 27.7 Å². The fourth-order valence-electron chi connectivity index (χ4n) is 6.97. The van der Waals surface area contributed by atoms with Gasteiger partial charge in [0.25, 0.3) is 11.8 Å². The van der Waals surface area contributed by atoms with E-state index in [1.165, 1.54) is 45.8 Å². The molecule has 0 bridgehead atoms.